The van der Waals surface area contributed by atoms with E-state index in [9.17, 15) is 15.0 Å². The van der Waals surface area contributed by atoms with Crippen LogP contribution >= 0.6 is 0 Å². The highest BCUT2D eigenvalue weighted by atomic mass is 16.8. The van der Waals surface area contributed by atoms with Crippen molar-refractivity contribution in [1.29, 1.82) is 0 Å². The Hall–Kier alpha value is -1.23. The molecule has 4 heteroatoms. The standard InChI is InChI=1S/C12H16O4/c1-3-16-12(14,15)11(13)9(2)10-7-5-4-6-8-10/h4-9,14-15H,3H2,1-2H3. The molecule has 1 aromatic carbocycles. The van der Waals surface area contributed by atoms with Gasteiger partial charge in [0, 0.05) is 5.92 Å². The zero-order chi connectivity index (χ0) is 12.2. The second-order valence-corrected chi connectivity index (χ2v) is 3.54. The Morgan fingerprint density at radius 2 is 1.94 bits per heavy atom. The fraction of sp³-hybridized carbons (Fsp3) is 0.417. The molecule has 0 spiro atoms. The first-order chi connectivity index (χ1) is 7.49. The van der Waals surface area contributed by atoms with Crippen LogP contribution in [0.3, 0.4) is 0 Å². The van der Waals surface area contributed by atoms with Gasteiger partial charge in [-0.05, 0) is 12.5 Å². The van der Waals surface area contributed by atoms with E-state index in [0.29, 0.717) is 0 Å². The number of rotatable bonds is 5. The SMILES string of the molecule is CCOC(O)(O)C(=O)C(C)c1ccccc1. The quantitative estimate of drug-likeness (QED) is 0.733. The lowest BCUT2D eigenvalue weighted by Crippen LogP contribution is -2.43. The molecule has 0 heterocycles. The Morgan fingerprint density at radius 1 is 1.38 bits per heavy atom. The topological polar surface area (TPSA) is 66.8 Å². The van der Waals surface area contributed by atoms with E-state index in [1.807, 2.05) is 6.07 Å². The molecule has 0 aromatic heterocycles. The Bertz CT molecular complexity index is 345. The number of carbonyl (C=O) groups is 1. The number of ketones is 1. The predicted octanol–water partition coefficient (Wildman–Crippen LogP) is 1.03. The minimum Gasteiger partial charge on any atom is -0.337 e. The zero-order valence-electron chi connectivity index (χ0n) is 9.38. The summed E-state index contributed by atoms with van der Waals surface area (Å²) in [6, 6.07) is 8.91. The molecule has 1 aromatic rings. The van der Waals surface area contributed by atoms with E-state index in [4.69, 9.17) is 0 Å². The van der Waals surface area contributed by atoms with Crippen molar-refractivity contribution in [3.05, 3.63) is 35.9 Å². The molecule has 2 N–H and O–H groups in total. The third-order valence-corrected chi connectivity index (χ3v) is 2.36. The first-order valence-corrected chi connectivity index (χ1v) is 5.17. The van der Waals surface area contributed by atoms with Gasteiger partial charge in [-0.25, -0.2) is 0 Å². The molecule has 0 amide bonds. The Morgan fingerprint density at radius 3 is 2.44 bits per heavy atom. The molecule has 0 aliphatic carbocycles. The lowest BCUT2D eigenvalue weighted by atomic mass is 9.95. The normalized spacial score (nSPS) is 13.5. The maximum absolute atomic E-state index is 11.7. The summed E-state index contributed by atoms with van der Waals surface area (Å²) < 4.78 is 4.60. The Balaban J connectivity index is 2.82. The first-order valence-electron chi connectivity index (χ1n) is 5.17. The van der Waals surface area contributed by atoms with E-state index in [0.717, 1.165) is 5.56 Å². The fourth-order valence-corrected chi connectivity index (χ4v) is 1.45. The minimum atomic E-state index is -2.70. The highest BCUT2D eigenvalue weighted by Gasteiger charge is 2.38. The van der Waals surface area contributed by atoms with Crippen molar-refractivity contribution in [2.45, 2.75) is 25.7 Å². The molecule has 0 saturated heterocycles. The van der Waals surface area contributed by atoms with E-state index in [-0.39, 0.29) is 6.61 Å². The molecule has 16 heavy (non-hydrogen) atoms. The minimum absolute atomic E-state index is 0.0558. The molecule has 4 nitrogen and oxygen atoms in total. The van der Waals surface area contributed by atoms with Gasteiger partial charge in [0.25, 0.3) is 0 Å². The van der Waals surface area contributed by atoms with Crippen LogP contribution in [0.5, 0.6) is 0 Å². The fourth-order valence-electron chi connectivity index (χ4n) is 1.45. The van der Waals surface area contributed by atoms with Gasteiger partial charge in [-0.1, -0.05) is 37.3 Å². The summed E-state index contributed by atoms with van der Waals surface area (Å²) >= 11 is 0. The van der Waals surface area contributed by atoms with Crippen molar-refractivity contribution in [3.63, 3.8) is 0 Å². The molecule has 1 atom stereocenters. The number of aliphatic hydroxyl groups is 2. The van der Waals surface area contributed by atoms with Crippen LogP contribution in [0.2, 0.25) is 0 Å². The van der Waals surface area contributed by atoms with Crippen molar-refractivity contribution in [2.75, 3.05) is 6.61 Å². The van der Waals surface area contributed by atoms with E-state index < -0.39 is 17.7 Å². The number of hydrogen-bond donors (Lipinski definition) is 2. The van der Waals surface area contributed by atoms with E-state index in [1.165, 1.54) is 0 Å². The average molecular weight is 224 g/mol. The smallest absolute Gasteiger partial charge is 0.337 e. The van der Waals surface area contributed by atoms with E-state index >= 15 is 0 Å². The van der Waals surface area contributed by atoms with Crippen LogP contribution in [0.25, 0.3) is 0 Å². The van der Waals surface area contributed by atoms with Crippen LogP contribution in [-0.2, 0) is 9.53 Å². The van der Waals surface area contributed by atoms with Crippen LogP contribution in [0, 0.1) is 0 Å². The summed E-state index contributed by atoms with van der Waals surface area (Å²) in [6.45, 7) is 3.25. The largest absolute Gasteiger partial charge is 0.342 e. The van der Waals surface area contributed by atoms with Crippen molar-refractivity contribution < 1.29 is 19.7 Å². The summed E-state index contributed by atoms with van der Waals surface area (Å²) in [6.07, 6.45) is 0. The second kappa shape index (κ2) is 5.21. The maximum Gasteiger partial charge on any atom is 0.342 e. The third kappa shape index (κ3) is 2.88. The average Bonchev–Trinajstić information content (AvgIpc) is 2.28. The van der Waals surface area contributed by atoms with Gasteiger partial charge < -0.3 is 14.9 Å². The lowest BCUT2D eigenvalue weighted by molar-refractivity contribution is -0.310. The van der Waals surface area contributed by atoms with Crippen molar-refractivity contribution in [2.24, 2.45) is 0 Å². The van der Waals surface area contributed by atoms with Gasteiger partial charge in [0.2, 0.25) is 5.78 Å². The van der Waals surface area contributed by atoms with E-state index in [1.54, 1.807) is 38.1 Å². The van der Waals surface area contributed by atoms with Crippen molar-refractivity contribution in [3.8, 4) is 0 Å². The molecule has 0 aliphatic rings. The molecular weight excluding hydrogens is 208 g/mol. The predicted molar refractivity (Wildman–Crippen MR) is 58.7 cm³/mol. The molecule has 0 saturated carbocycles. The van der Waals surface area contributed by atoms with E-state index in [2.05, 4.69) is 4.74 Å². The third-order valence-electron chi connectivity index (χ3n) is 2.36. The number of benzene rings is 1. The summed E-state index contributed by atoms with van der Waals surface area (Å²) in [7, 11) is 0. The molecule has 1 rings (SSSR count). The molecule has 0 aliphatic heterocycles. The molecular formula is C12H16O4. The Labute approximate surface area is 94.5 Å². The number of ether oxygens (including phenoxy) is 1. The van der Waals surface area contributed by atoms with Gasteiger partial charge in [0.05, 0.1) is 6.61 Å². The van der Waals surface area contributed by atoms with Gasteiger partial charge in [-0.3, -0.25) is 4.79 Å². The number of Topliss-reactive ketones (excluding diaryl/α,β-unsaturated/α-hetero) is 1. The molecule has 0 fully saturated rings. The molecule has 88 valence electrons. The number of carbonyl (C=O) groups excluding carboxylic acids is 1. The summed E-state index contributed by atoms with van der Waals surface area (Å²) in [5, 5.41) is 18.8. The van der Waals surface area contributed by atoms with Crippen LogP contribution in [-0.4, -0.2) is 28.6 Å². The summed E-state index contributed by atoms with van der Waals surface area (Å²) in [4.78, 5) is 11.7. The van der Waals surface area contributed by atoms with Gasteiger partial charge in [-0.2, -0.15) is 0 Å². The second-order valence-electron chi connectivity index (χ2n) is 3.54. The summed E-state index contributed by atoms with van der Waals surface area (Å²) in [5.41, 5.74) is 0.722. The van der Waals surface area contributed by atoms with Crippen LogP contribution in [0.4, 0.5) is 0 Å². The highest BCUT2D eigenvalue weighted by Crippen LogP contribution is 2.21. The number of hydrogen-bond acceptors (Lipinski definition) is 4. The monoisotopic (exact) mass is 224 g/mol. The zero-order valence-corrected chi connectivity index (χ0v) is 9.38. The van der Waals surface area contributed by atoms with Gasteiger partial charge in [-0.15, -0.1) is 0 Å². The summed E-state index contributed by atoms with van der Waals surface area (Å²) in [5.74, 6) is -4.09. The van der Waals surface area contributed by atoms with Gasteiger partial charge in [0.15, 0.2) is 0 Å². The van der Waals surface area contributed by atoms with Crippen LogP contribution in [0.15, 0.2) is 30.3 Å². The highest BCUT2D eigenvalue weighted by molar-refractivity contribution is 5.90. The maximum atomic E-state index is 11.7. The Kier molecular flexibility index (Phi) is 4.18. The van der Waals surface area contributed by atoms with Crippen molar-refractivity contribution >= 4 is 5.78 Å². The van der Waals surface area contributed by atoms with Gasteiger partial charge >= 0.3 is 5.97 Å². The first kappa shape index (κ1) is 12.8. The molecule has 0 radical (unpaired) electrons. The van der Waals surface area contributed by atoms with Crippen molar-refractivity contribution in [1.82, 2.24) is 0 Å². The molecule has 0 bridgehead atoms. The van der Waals surface area contributed by atoms with Crippen LogP contribution in [0.1, 0.15) is 25.3 Å². The lowest BCUT2D eigenvalue weighted by Gasteiger charge is -2.22. The van der Waals surface area contributed by atoms with Gasteiger partial charge in [0.1, 0.15) is 0 Å². The molecule has 1 unspecified atom stereocenters. The van der Waals surface area contributed by atoms with Crippen LogP contribution < -0.4 is 0 Å².